The zero-order valence-electron chi connectivity index (χ0n) is 10.7. The molecule has 0 saturated carbocycles. The maximum Gasteiger partial charge on any atom is 0.0909 e. The molecule has 0 aliphatic carbocycles. The lowest BCUT2D eigenvalue weighted by molar-refractivity contribution is 0.0576. The molecular formula is C16H17ClO. The van der Waals surface area contributed by atoms with Gasteiger partial charge in [-0.15, -0.1) is 0 Å². The van der Waals surface area contributed by atoms with E-state index in [1.807, 2.05) is 62.4 Å². The number of benzene rings is 2. The van der Waals surface area contributed by atoms with Crippen LogP contribution in [0, 0.1) is 6.92 Å². The van der Waals surface area contributed by atoms with Gasteiger partial charge in [0.1, 0.15) is 0 Å². The number of halogens is 1. The third kappa shape index (κ3) is 2.92. The molecule has 0 radical (unpaired) electrons. The van der Waals surface area contributed by atoms with Crippen molar-refractivity contribution in [2.75, 3.05) is 0 Å². The van der Waals surface area contributed by atoms with Crippen molar-refractivity contribution in [3.63, 3.8) is 0 Å². The van der Waals surface area contributed by atoms with E-state index in [4.69, 9.17) is 11.6 Å². The van der Waals surface area contributed by atoms with Crippen molar-refractivity contribution in [2.24, 2.45) is 0 Å². The number of hydrogen-bond donors (Lipinski definition) is 1. The Morgan fingerprint density at radius 2 is 1.78 bits per heavy atom. The predicted octanol–water partition coefficient (Wildman–Crippen LogP) is 4.10. The highest BCUT2D eigenvalue weighted by molar-refractivity contribution is 6.31. The summed E-state index contributed by atoms with van der Waals surface area (Å²) >= 11 is 6.11. The summed E-state index contributed by atoms with van der Waals surface area (Å²) in [7, 11) is 0. The Morgan fingerprint density at radius 1 is 1.11 bits per heavy atom. The van der Waals surface area contributed by atoms with Crippen molar-refractivity contribution >= 4 is 11.6 Å². The molecule has 2 rings (SSSR count). The second-order valence-electron chi connectivity index (χ2n) is 4.90. The van der Waals surface area contributed by atoms with Crippen LogP contribution in [0.4, 0.5) is 0 Å². The highest BCUT2D eigenvalue weighted by Gasteiger charge is 2.23. The average Bonchev–Trinajstić information content (AvgIpc) is 2.33. The van der Waals surface area contributed by atoms with Crippen LogP contribution in [-0.4, -0.2) is 5.11 Å². The van der Waals surface area contributed by atoms with E-state index in [0.717, 1.165) is 16.7 Å². The summed E-state index contributed by atoms with van der Waals surface area (Å²) < 4.78 is 0. The van der Waals surface area contributed by atoms with Gasteiger partial charge in [-0.05, 0) is 36.6 Å². The van der Waals surface area contributed by atoms with Crippen LogP contribution < -0.4 is 0 Å². The molecule has 0 saturated heterocycles. The Bertz CT molecular complexity index is 532. The standard InChI is InChI=1S/C16H17ClO/c1-12-8-9-14(10-15(12)17)16(2,18)11-13-6-4-3-5-7-13/h3-10,18H,11H2,1-2H3. The highest BCUT2D eigenvalue weighted by Crippen LogP contribution is 2.28. The minimum Gasteiger partial charge on any atom is -0.385 e. The summed E-state index contributed by atoms with van der Waals surface area (Å²) in [6.45, 7) is 3.78. The molecule has 0 spiro atoms. The van der Waals surface area contributed by atoms with Crippen LogP contribution in [0.15, 0.2) is 48.5 Å². The smallest absolute Gasteiger partial charge is 0.0909 e. The summed E-state index contributed by atoms with van der Waals surface area (Å²) in [5.74, 6) is 0. The number of aliphatic hydroxyl groups is 1. The Labute approximate surface area is 113 Å². The lowest BCUT2D eigenvalue weighted by Crippen LogP contribution is -2.24. The van der Waals surface area contributed by atoms with E-state index in [1.54, 1.807) is 0 Å². The van der Waals surface area contributed by atoms with Gasteiger partial charge >= 0.3 is 0 Å². The topological polar surface area (TPSA) is 20.2 Å². The van der Waals surface area contributed by atoms with Crippen molar-refractivity contribution in [1.29, 1.82) is 0 Å². The first-order chi connectivity index (χ1) is 8.49. The lowest BCUT2D eigenvalue weighted by Gasteiger charge is -2.24. The summed E-state index contributed by atoms with van der Waals surface area (Å²) in [4.78, 5) is 0. The fourth-order valence-corrected chi connectivity index (χ4v) is 2.20. The van der Waals surface area contributed by atoms with Crippen LogP contribution >= 0.6 is 11.6 Å². The van der Waals surface area contributed by atoms with Crippen molar-refractivity contribution in [1.82, 2.24) is 0 Å². The zero-order valence-corrected chi connectivity index (χ0v) is 11.4. The summed E-state index contributed by atoms with van der Waals surface area (Å²) in [6, 6.07) is 15.7. The quantitative estimate of drug-likeness (QED) is 0.881. The van der Waals surface area contributed by atoms with Gasteiger partial charge in [0, 0.05) is 11.4 Å². The normalized spacial score (nSPS) is 14.2. The second-order valence-corrected chi connectivity index (χ2v) is 5.31. The molecule has 94 valence electrons. The first-order valence-electron chi connectivity index (χ1n) is 6.02. The van der Waals surface area contributed by atoms with E-state index in [1.165, 1.54) is 0 Å². The first-order valence-corrected chi connectivity index (χ1v) is 6.40. The Balaban J connectivity index is 2.27. The fraction of sp³-hybridized carbons (Fsp3) is 0.250. The molecule has 0 bridgehead atoms. The van der Waals surface area contributed by atoms with E-state index in [-0.39, 0.29) is 0 Å². The van der Waals surface area contributed by atoms with Gasteiger partial charge in [0.2, 0.25) is 0 Å². The Hall–Kier alpha value is -1.31. The molecule has 1 nitrogen and oxygen atoms in total. The molecular weight excluding hydrogens is 244 g/mol. The maximum absolute atomic E-state index is 10.6. The minimum atomic E-state index is -0.904. The summed E-state index contributed by atoms with van der Waals surface area (Å²) in [5, 5.41) is 11.3. The third-order valence-electron chi connectivity index (χ3n) is 3.18. The van der Waals surface area contributed by atoms with Gasteiger partial charge in [-0.3, -0.25) is 0 Å². The fourth-order valence-electron chi connectivity index (χ4n) is 2.02. The molecule has 1 unspecified atom stereocenters. The van der Waals surface area contributed by atoms with Crippen LogP contribution in [-0.2, 0) is 12.0 Å². The van der Waals surface area contributed by atoms with Crippen molar-refractivity contribution < 1.29 is 5.11 Å². The van der Waals surface area contributed by atoms with Gasteiger partial charge in [-0.1, -0.05) is 54.1 Å². The number of hydrogen-bond acceptors (Lipinski definition) is 1. The molecule has 18 heavy (non-hydrogen) atoms. The van der Waals surface area contributed by atoms with Gasteiger partial charge < -0.3 is 5.11 Å². The first kappa shape index (κ1) is 13.1. The van der Waals surface area contributed by atoms with Gasteiger partial charge in [0.05, 0.1) is 5.60 Å². The molecule has 0 aliphatic heterocycles. The molecule has 0 aromatic heterocycles. The second kappa shape index (κ2) is 5.13. The Morgan fingerprint density at radius 3 is 2.39 bits per heavy atom. The number of aryl methyl sites for hydroxylation is 1. The van der Waals surface area contributed by atoms with E-state index in [9.17, 15) is 5.11 Å². The molecule has 1 atom stereocenters. The maximum atomic E-state index is 10.6. The van der Waals surface area contributed by atoms with Gasteiger partial charge in [0.25, 0.3) is 0 Å². The molecule has 2 heteroatoms. The van der Waals surface area contributed by atoms with E-state index in [2.05, 4.69) is 0 Å². The zero-order chi connectivity index (χ0) is 13.2. The monoisotopic (exact) mass is 260 g/mol. The van der Waals surface area contributed by atoms with E-state index < -0.39 is 5.60 Å². The molecule has 0 aliphatic rings. The molecule has 2 aromatic carbocycles. The molecule has 2 aromatic rings. The molecule has 1 N–H and O–H groups in total. The average molecular weight is 261 g/mol. The summed E-state index contributed by atoms with van der Waals surface area (Å²) in [5.41, 5.74) is 2.08. The van der Waals surface area contributed by atoms with Crippen LogP contribution in [0.3, 0.4) is 0 Å². The van der Waals surface area contributed by atoms with Crippen LogP contribution in [0.2, 0.25) is 5.02 Å². The van der Waals surface area contributed by atoms with Crippen LogP contribution in [0.5, 0.6) is 0 Å². The number of rotatable bonds is 3. The minimum absolute atomic E-state index is 0.577. The van der Waals surface area contributed by atoms with Gasteiger partial charge in [0.15, 0.2) is 0 Å². The van der Waals surface area contributed by atoms with Crippen LogP contribution in [0.25, 0.3) is 0 Å². The van der Waals surface area contributed by atoms with E-state index in [0.29, 0.717) is 11.4 Å². The van der Waals surface area contributed by atoms with Crippen molar-refractivity contribution in [2.45, 2.75) is 25.9 Å². The third-order valence-corrected chi connectivity index (χ3v) is 3.59. The lowest BCUT2D eigenvalue weighted by atomic mass is 9.89. The van der Waals surface area contributed by atoms with Crippen molar-refractivity contribution in [3.05, 3.63) is 70.2 Å². The van der Waals surface area contributed by atoms with Gasteiger partial charge in [-0.25, -0.2) is 0 Å². The SMILES string of the molecule is Cc1ccc(C(C)(O)Cc2ccccc2)cc1Cl. The highest BCUT2D eigenvalue weighted by atomic mass is 35.5. The van der Waals surface area contributed by atoms with E-state index >= 15 is 0 Å². The van der Waals surface area contributed by atoms with Crippen molar-refractivity contribution in [3.8, 4) is 0 Å². The molecule has 0 amide bonds. The van der Waals surface area contributed by atoms with Gasteiger partial charge in [-0.2, -0.15) is 0 Å². The van der Waals surface area contributed by atoms with Crippen LogP contribution in [0.1, 0.15) is 23.6 Å². The molecule has 0 fully saturated rings. The summed E-state index contributed by atoms with van der Waals surface area (Å²) in [6.07, 6.45) is 0.577. The predicted molar refractivity (Wildman–Crippen MR) is 75.9 cm³/mol. The Kier molecular flexibility index (Phi) is 3.74. The molecule has 0 heterocycles. The largest absolute Gasteiger partial charge is 0.385 e.